The van der Waals surface area contributed by atoms with Crippen molar-refractivity contribution in [1.29, 1.82) is 0 Å². The van der Waals surface area contributed by atoms with Crippen molar-refractivity contribution in [3.8, 4) is 22.3 Å². The van der Waals surface area contributed by atoms with Crippen LogP contribution >= 0.6 is 0 Å². The first kappa shape index (κ1) is 36.3. The second-order valence-corrected chi connectivity index (χ2v) is 12.1. The Hall–Kier alpha value is -3.19. The molecule has 3 aromatic rings. The van der Waals surface area contributed by atoms with Gasteiger partial charge in [0, 0.05) is 30.5 Å². The highest BCUT2D eigenvalue weighted by molar-refractivity contribution is 5.83. The zero-order valence-electron chi connectivity index (χ0n) is 27.0. The molecule has 0 spiro atoms. The number of ether oxygens (including phenoxy) is 1. The summed E-state index contributed by atoms with van der Waals surface area (Å²) in [7, 11) is 0. The van der Waals surface area contributed by atoms with Crippen LogP contribution in [-0.4, -0.2) is 34.9 Å². The zero-order chi connectivity index (χ0) is 32.5. The number of hydrogen-bond acceptors (Lipinski definition) is 3. The van der Waals surface area contributed by atoms with E-state index in [4.69, 9.17) is 9.72 Å². The van der Waals surface area contributed by atoms with Crippen LogP contribution in [0.2, 0.25) is 0 Å². The van der Waals surface area contributed by atoms with E-state index in [1.165, 1.54) is 51.4 Å². The van der Waals surface area contributed by atoms with Gasteiger partial charge >= 0.3 is 12.1 Å². The molecule has 1 aromatic heterocycles. The van der Waals surface area contributed by atoms with Gasteiger partial charge in [-0.3, -0.25) is 9.78 Å². The topological polar surface area (TPSA) is 59.4 Å². The number of carbonyl (C=O) groups is 1. The van der Waals surface area contributed by atoms with Crippen LogP contribution in [-0.2, 0) is 16.0 Å². The van der Waals surface area contributed by atoms with E-state index in [9.17, 15) is 23.1 Å². The Morgan fingerprint density at radius 1 is 0.822 bits per heavy atom. The highest BCUT2D eigenvalue weighted by Crippen LogP contribution is 2.37. The fourth-order valence-corrected chi connectivity index (χ4v) is 5.73. The van der Waals surface area contributed by atoms with E-state index in [2.05, 4.69) is 43.3 Å². The van der Waals surface area contributed by atoms with Gasteiger partial charge in [-0.2, -0.15) is 13.2 Å². The van der Waals surface area contributed by atoms with E-state index in [1.54, 1.807) is 0 Å². The molecule has 45 heavy (non-hydrogen) atoms. The number of carboxylic acid groups (broad SMARTS) is 1. The van der Waals surface area contributed by atoms with Crippen molar-refractivity contribution in [1.82, 2.24) is 4.98 Å². The van der Waals surface area contributed by atoms with E-state index in [0.717, 1.165) is 53.3 Å². The molecule has 1 heterocycles. The quantitative estimate of drug-likeness (QED) is 0.120. The smallest absolute Gasteiger partial charge is 0.414 e. The minimum absolute atomic E-state index is 0.00953. The number of pyridine rings is 1. The van der Waals surface area contributed by atoms with Gasteiger partial charge in [0.2, 0.25) is 0 Å². The Kier molecular flexibility index (Phi) is 15.6. The highest BCUT2D eigenvalue weighted by Gasteiger charge is 2.36. The molecule has 2 aromatic carbocycles. The lowest BCUT2D eigenvalue weighted by Gasteiger charge is -2.22. The van der Waals surface area contributed by atoms with Crippen molar-refractivity contribution in [2.45, 2.75) is 122 Å². The van der Waals surface area contributed by atoms with Gasteiger partial charge in [0.25, 0.3) is 0 Å². The van der Waals surface area contributed by atoms with E-state index in [-0.39, 0.29) is 18.9 Å². The second-order valence-electron chi connectivity index (χ2n) is 12.1. The van der Waals surface area contributed by atoms with Crippen LogP contribution in [0.25, 0.3) is 22.3 Å². The molecule has 4 nitrogen and oxygen atoms in total. The van der Waals surface area contributed by atoms with Crippen molar-refractivity contribution in [3.63, 3.8) is 0 Å². The normalized spacial score (nSPS) is 13.1. The van der Waals surface area contributed by atoms with E-state index < -0.39 is 18.2 Å². The van der Waals surface area contributed by atoms with Gasteiger partial charge in [-0.15, -0.1) is 0 Å². The van der Waals surface area contributed by atoms with Crippen molar-refractivity contribution in [2.75, 3.05) is 6.61 Å². The van der Waals surface area contributed by atoms with Gasteiger partial charge in [-0.25, -0.2) is 0 Å². The molecule has 0 aliphatic rings. The van der Waals surface area contributed by atoms with Crippen LogP contribution in [0.3, 0.4) is 0 Å². The Labute approximate surface area is 267 Å². The lowest BCUT2D eigenvalue weighted by atomic mass is 9.86. The number of carboxylic acids is 1. The third-order valence-corrected chi connectivity index (χ3v) is 8.51. The summed E-state index contributed by atoms with van der Waals surface area (Å²) in [6.07, 6.45) is 9.49. The summed E-state index contributed by atoms with van der Waals surface area (Å²) in [6, 6.07) is 20.4. The molecule has 246 valence electrons. The summed E-state index contributed by atoms with van der Waals surface area (Å²) in [5.41, 5.74) is 6.09. The van der Waals surface area contributed by atoms with Crippen LogP contribution < -0.4 is 0 Å². The summed E-state index contributed by atoms with van der Waals surface area (Å²) in [6.45, 7) is 3.19. The standard InChI is InChI=1S/C38H50F3NO3/c1-3-4-5-6-7-8-9-10-14-19-34-23-21-33(28-42-34)36-27-32(22-24-35(36)31-16-12-11-13-17-31)30(18-15-20-37(43)44)25-26-45-29(2)38(39,40)41/h11-13,16-17,21-24,27-30H,3-10,14-15,18-20,25-26H2,1-2H3,(H,43,44). The molecule has 1 N–H and O–H groups in total. The van der Waals surface area contributed by atoms with E-state index >= 15 is 0 Å². The molecule has 0 saturated heterocycles. The van der Waals surface area contributed by atoms with Gasteiger partial charge in [0.15, 0.2) is 6.10 Å². The first-order valence-electron chi connectivity index (χ1n) is 16.7. The molecular formula is C38H50F3NO3. The summed E-state index contributed by atoms with van der Waals surface area (Å²) < 4.78 is 44.2. The number of halogens is 3. The Morgan fingerprint density at radius 3 is 2.13 bits per heavy atom. The van der Waals surface area contributed by atoms with Crippen molar-refractivity contribution >= 4 is 5.97 Å². The van der Waals surface area contributed by atoms with Crippen molar-refractivity contribution in [2.24, 2.45) is 0 Å². The van der Waals surface area contributed by atoms with Crippen LogP contribution in [0, 0.1) is 0 Å². The summed E-state index contributed by atoms with van der Waals surface area (Å²) in [4.78, 5) is 16.0. The molecule has 3 rings (SSSR count). The molecule has 0 aliphatic carbocycles. The zero-order valence-corrected chi connectivity index (χ0v) is 27.0. The Balaban J connectivity index is 1.76. The molecule has 2 unspecified atom stereocenters. The van der Waals surface area contributed by atoms with E-state index in [0.29, 0.717) is 19.3 Å². The summed E-state index contributed by atoms with van der Waals surface area (Å²) in [5, 5.41) is 9.18. The lowest BCUT2D eigenvalue weighted by Crippen LogP contribution is -2.29. The SMILES string of the molecule is CCCCCCCCCCCc1ccc(-c2cc(C(CCCC(=O)O)CCOC(C)C(F)(F)F)ccc2-c2ccccc2)cn1. The van der Waals surface area contributed by atoms with E-state index in [1.807, 2.05) is 30.5 Å². The predicted octanol–water partition coefficient (Wildman–Crippen LogP) is 11.2. The third kappa shape index (κ3) is 13.0. The van der Waals surface area contributed by atoms with Gasteiger partial charge in [-0.05, 0) is 73.3 Å². The van der Waals surface area contributed by atoms with Crippen molar-refractivity contribution < 1.29 is 27.8 Å². The molecule has 0 bridgehead atoms. The number of nitrogens with zero attached hydrogens (tertiary/aromatic N) is 1. The molecule has 0 saturated carbocycles. The number of aromatic nitrogens is 1. The number of alkyl halides is 3. The van der Waals surface area contributed by atoms with Crippen LogP contribution in [0.4, 0.5) is 13.2 Å². The maximum atomic E-state index is 13.0. The molecule has 0 radical (unpaired) electrons. The number of hydrogen-bond donors (Lipinski definition) is 1. The number of rotatable bonds is 21. The van der Waals surface area contributed by atoms with Gasteiger partial charge in [0.1, 0.15) is 0 Å². The van der Waals surface area contributed by atoms with Gasteiger partial charge in [-0.1, -0.05) is 113 Å². The second kappa shape index (κ2) is 19.4. The molecule has 0 amide bonds. The molecular weight excluding hydrogens is 575 g/mol. The summed E-state index contributed by atoms with van der Waals surface area (Å²) in [5.74, 6) is -1.03. The number of aryl methyl sites for hydroxylation is 1. The van der Waals surface area contributed by atoms with Crippen molar-refractivity contribution in [3.05, 3.63) is 78.1 Å². The molecule has 0 aliphatic heterocycles. The monoisotopic (exact) mass is 625 g/mol. The lowest BCUT2D eigenvalue weighted by molar-refractivity contribution is -0.214. The Morgan fingerprint density at radius 2 is 1.51 bits per heavy atom. The van der Waals surface area contributed by atoms with Crippen LogP contribution in [0.15, 0.2) is 66.9 Å². The maximum Gasteiger partial charge on any atom is 0.414 e. The molecule has 7 heteroatoms. The fourth-order valence-electron chi connectivity index (χ4n) is 5.73. The largest absolute Gasteiger partial charge is 0.481 e. The third-order valence-electron chi connectivity index (χ3n) is 8.51. The average Bonchev–Trinajstić information content (AvgIpc) is 3.03. The fraction of sp³-hybridized carbons (Fsp3) is 0.526. The first-order chi connectivity index (χ1) is 21.7. The average molecular weight is 626 g/mol. The van der Waals surface area contributed by atoms with Crippen LogP contribution in [0.5, 0.6) is 0 Å². The predicted molar refractivity (Wildman–Crippen MR) is 176 cm³/mol. The van der Waals surface area contributed by atoms with Crippen LogP contribution in [0.1, 0.15) is 114 Å². The maximum absolute atomic E-state index is 13.0. The highest BCUT2D eigenvalue weighted by atomic mass is 19.4. The molecule has 2 atom stereocenters. The van der Waals surface area contributed by atoms with Gasteiger partial charge < -0.3 is 9.84 Å². The number of unbranched alkanes of at least 4 members (excludes halogenated alkanes) is 8. The first-order valence-corrected chi connectivity index (χ1v) is 16.7. The van der Waals surface area contributed by atoms with Gasteiger partial charge in [0.05, 0.1) is 0 Å². The number of aliphatic carboxylic acids is 1. The molecule has 0 fully saturated rings. The minimum Gasteiger partial charge on any atom is -0.481 e. The minimum atomic E-state index is -4.42. The number of benzene rings is 2. The Bertz CT molecular complexity index is 1260. The summed E-state index contributed by atoms with van der Waals surface area (Å²) >= 11 is 0.